The van der Waals surface area contributed by atoms with Gasteiger partial charge in [0.25, 0.3) is 0 Å². The summed E-state index contributed by atoms with van der Waals surface area (Å²) in [5.41, 5.74) is 3.13. The number of fused-ring (bicyclic) bond motifs is 4. The number of halogens is 1. The van der Waals surface area contributed by atoms with Crippen LogP contribution in [-0.4, -0.2) is 12.3 Å². The van der Waals surface area contributed by atoms with Gasteiger partial charge in [-0.1, -0.05) is 29.8 Å². The summed E-state index contributed by atoms with van der Waals surface area (Å²) in [6.45, 7) is 0.636. The SMILES string of the molecule is Clc1ccc2c(c1)C1=Nc3ccccc3S[C@H](c3cccs3)[C@@H]1CO2. The normalized spacial score (nSPS) is 21.2. The van der Waals surface area contributed by atoms with Crippen LogP contribution >= 0.6 is 34.7 Å². The molecule has 0 fully saturated rings. The Balaban J connectivity index is 1.73. The van der Waals surface area contributed by atoms with Gasteiger partial charge in [-0.3, -0.25) is 4.99 Å². The van der Waals surface area contributed by atoms with Crippen LogP contribution < -0.4 is 4.74 Å². The van der Waals surface area contributed by atoms with Crippen LogP contribution in [0.4, 0.5) is 5.69 Å². The first-order valence-electron chi connectivity index (χ1n) is 8.10. The Morgan fingerprint density at radius 2 is 2.00 bits per heavy atom. The highest BCUT2D eigenvalue weighted by Crippen LogP contribution is 2.51. The lowest BCUT2D eigenvalue weighted by Crippen LogP contribution is -2.31. The molecule has 3 heterocycles. The number of aliphatic imine (C=N–C) groups is 1. The second-order valence-electron chi connectivity index (χ2n) is 6.08. The number of ether oxygens (including phenoxy) is 1. The van der Waals surface area contributed by atoms with Crippen molar-refractivity contribution in [3.05, 3.63) is 75.4 Å². The molecule has 124 valence electrons. The molecule has 0 N–H and O–H groups in total. The molecule has 2 aromatic carbocycles. The maximum Gasteiger partial charge on any atom is 0.128 e. The summed E-state index contributed by atoms with van der Waals surface area (Å²) in [6, 6.07) is 18.5. The van der Waals surface area contributed by atoms with Crippen LogP contribution in [0.2, 0.25) is 5.02 Å². The second kappa shape index (κ2) is 6.20. The van der Waals surface area contributed by atoms with Crippen molar-refractivity contribution in [3.8, 4) is 5.75 Å². The van der Waals surface area contributed by atoms with Gasteiger partial charge in [-0.15, -0.1) is 23.1 Å². The van der Waals surface area contributed by atoms with E-state index in [1.165, 1.54) is 9.77 Å². The van der Waals surface area contributed by atoms with E-state index in [2.05, 4.69) is 35.7 Å². The van der Waals surface area contributed by atoms with Gasteiger partial charge < -0.3 is 4.74 Å². The van der Waals surface area contributed by atoms with E-state index in [1.54, 1.807) is 11.3 Å². The minimum Gasteiger partial charge on any atom is -0.492 e. The highest BCUT2D eigenvalue weighted by molar-refractivity contribution is 7.99. The zero-order valence-corrected chi connectivity index (χ0v) is 15.6. The first-order chi connectivity index (χ1) is 12.3. The van der Waals surface area contributed by atoms with Gasteiger partial charge in [0.2, 0.25) is 0 Å². The predicted octanol–water partition coefficient (Wildman–Crippen LogP) is 6.38. The van der Waals surface area contributed by atoms with Gasteiger partial charge in [-0.2, -0.15) is 0 Å². The molecule has 0 saturated carbocycles. The zero-order valence-electron chi connectivity index (χ0n) is 13.2. The van der Waals surface area contributed by atoms with Crippen LogP contribution in [-0.2, 0) is 0 Å². The van der Waals surface area contributed by atoms with Crippen molar-refractivity contribution in [1.29, 1.82) is 0 Å². The molecule has 0 amide bonds. The summed E-state index contributed by atoms with van der Waals surface area (Å²) in [5, 5.41) is 3.14. The summed E-state index contributed by atoms with van der Waals surface area (Å²) in [5.74, 6) is 1.07. The van der Waals surface area contributed by atoms with E-state index in [1.807, 2.05) is 36.0 Å². The topological polar surface area (TPSA) is 21.6 Å². The van der Waals surface area contributed by atoms with E-state index in [4.69, 9.17) is 21.3 Å². The van der Waals surface area contributed by atoms with Gasteiger partial charge in [0.1, 0.15) is 5.75 Å². The molecular formula is C20H14ClNOS2. The summed E-state index contributed by atoms with van der Waals surface area (Å²) < 4.78 is 6.08. The number of thioether (sulfide) groups is 1. The third kappa shape index (κ3) is 2.69. The van der Waals surface area contributed by atoms with Crippen LogP contribution in [0.25, 0.3) is 0 Å². The fraction of sp³-hybridized carbons (Fsp3) is 0.150. The van der Waals surface area contributed by atoms with E-state index in [0.717, 1.165) is 22.7 Å². The van der Waals surface area contributed by atoms with Gasteiger partial charge in [-0.25, -0.2) is 0 Å². The lowest BCUT2D eigenvalue weighted by molar-refractivity contribution is 0.272. The molecule has 2 aliphatic rings. The molecule has 5 heteroatoms. The summed E-state index contributed by atoms with van der Waals surface area (Å²) in [4.78, 5) is 7.63. The number of para-hydroxylation sites is 1. The fourth-order valence-corrected chi connectivity index (χ4v) is 5.85. The van der Waals surface area contributed by atoms with E-state index >= 15 is 0 Å². The van der Waals surface area contributed by atoms with Gasteiger partial charge >= 0.3 is 0 Å². The standard InChI is InChI=1S/C20H14ClNOS2/c21-12-7-8-16-13(10-12)19-14(11-23-16)20(18-6-3-9-24-18)25-17-5-2-1-4-15(17)22-19/h1-10,14,20H,11H2/t14-,20+/m1/s1. The summed E-state index contributed by atoms with van der Waals surface area (Å²) >= 11 is 9.95. The lowest BCUT2D eigenvalue weighted by Gasteiger charge is -2.31. The first-order valence-corrected chi connectivity index (χ1v) is 10.2. The van der Waals surface area contributed by atoms with Gasteiger partial charge in [0, 0.05) is 20.4 Å². The molecule has 0 spiro atoms. The maximum absolute atomic E-state index is 6.27. The molecule has 0 radical (unpaired) electrons. The molecule has 1 aromatic heterocycles. The molecule has 2 nitrogen and oxygen atoms in total. The number of nitrogens with zero attached hydrogens (tertiary/aromatic N) is 1. The smallest absolute Gasteiger partial charge is 0.128 e. The van der Waals surface area contributed by atoms with Crippen molar-refractivity contribution in [2.24, 2.45) is 10.9 Å². The average Bonchev–Trinajstić information content (AvgIpc) is 3.10. The molecule has 25 heavy (non-hydrogen) atoms. The number of rotatable bonds is 1. The van der Waals surface area contributed by atoms with Crippen LogP contribution in [0, 0.1) is 5.92 Å². The van der Waals surface area contributed by atoms with Crippen LogP contribution in [0.3, 0.4) is 0 Å². The molecule has 3 aromatic rings. The summed E-state index contributed by atoms with van der Waals surface area (Å²) in [7, 11) is 0. The minimum absolute atomic E-state index is 0.196. The first kappa shape index (κ1) is 15.5. The Morgan fingerprint density at radius 3 is 2.88 bits per heavy atom. The molecule has 2 aliphatic heterocycles. The number of hydrogen-bond donors (Lipinski definition) is 0. The van der Waals surface area contributed by atoms with Crippen LogP contribution in [0.15, 0.2) is 69.9 Å². The Labute approximate surface area is 159 Å². The Hall–Kier alpha value is -1.75. The largest absolute Gasteiger partial charge is 0.492 e. The monoisotopic (exact) mass is 383 g/mol. The Morgan fingerprint density at radius 1 is 1.08 bits per heavy atom. The van der Waals surface area contributed by atoms with E-state index in [0.29, 0.717) is 11.6 Å². The second-order valence-corrected chi connectivity index (χ2v) is 8.68. The van der Waals surface area contributed by atoms with Crippen molar-refractivity contribution in [2.45, 2.75) is 10.1 Å². The van der Waals surface area contributed by atoms with Gasteiger partial charge in [-0.05, 0) is 41.8 Å². The van der Waals surface area contributed by atoms with Crippen LogP contribution in [0.5, 0.6) is 5.75 Å². The Kier molecular flexibility index (Phi) is 3.85. The summed E-state index contributed by atoms with van der Waals surface area (Å²) in [6.07, 6.45) is 0. The van der Waals surface area contributed by atoms with Gasteiger partial charge in [0.15, 0.2) is 0 Å². The molecule has 0 bridgehead atoms. The Bertz CT molecular complexity index is 968. The minimum atomic E-state index is 0.196. The van der Waals surface area contributed by atoms with E-state index < -0.39 is 0 Å². The molecule has 0 unspecified atom stereocenters. The number of benzene rings is 2. The zero-order chi connectivity index (χ0) is 16.8. The molecule has 5 rings (SSSR count). The number of hydrogen-bond acceptors (Lipinski definition) is 4. The van der Waals surface area contributed by atoms with Crippen molar-refractivity contribution in [1.82, 2.24) is 0 Å². The average molecular weight is 384 g/mol. The van der Waals surface area contributed by atoms with Crippen molar-refractivity contribution >= 4 is 46.1 Å². The van der Waals surface area contributed by atoms with E-state index in [9.17, 15) is 0 Å². The highest BCUT2D eigenvalue weighted by Gasteiger charge is 2.37. The van der Waals surface area contributed by atoms with Gasteiger partial charge in [0.05, 0.1) is 29.2 Å². The molecule has 0 aliphatic carbocycles. The van der Waals surface area contributed by atoms with Crippen molar-refractivity contribution in [2.75, 3.05) is 6.61 Å². The van der Waals surface area contributed by atoms with Crippen molar-refractivity contribution in [3.63, 3.8) is 0 Å². The molecule has 0 saturated heterocycles. The van der Waals surface area contributed by atoms with E-state index in [-0.39, 0.29) is 11.2 Å². The van der Waals surface area contributed by atoms with Crippen molar-refractivity contribution < 1.29 is 4.74 Å². The molecular weight excluding hydrogens is 370 g/mol. The molecule has 2 atom stereocenters. The lowest BCUT2D eigenvalue weighted by atomic mass is 9.90. The quantitative estimate of drug-likeness (QED) is 0.486. The fourth-order valence-electron chi connectivity index (χ4n) is 3.37. The van der Waals surface area contributed by atoms with Crippen LogP contribution in [0.1, 0.15) is 15.7 Å². The highest BCUT2D eigenvalue weighted by atomic mass is 35.5. The maximum atomic E-state index is 6.27. The third-order valence-corrected chi connectivity index (χ3v) is 7.31. The number of thiophene rings is 1. The third-order valence-electron chi connectivity index (χ3n) is 4.54. The predicted molar refractivity (Wildman–Crippen MR) is 106 cm³/mol.